The molecule has 0 spiro atoms. The molecular formula is C19H17N3O4. The molecule has 1 aliphatic heterocycles. The van der Waals surface area contributed by atoms with Crippen LogP contribution >= 0.6 is 0 Å². The third-order valence-electron chi connectivity index (χ3n) is 4.28. The van der Waals surface area contributed by atoms with E-state index in [1.54, 1.807) is 36.4 Å². The highest BCUT2D eigenvalue weighted by molar-refractivity contribution is 5.91. The average molecular weight is 351 g/mol. The summed E-state index contributed by atoms with van der Waals surface area (Å²) in [5.41, 5.74) is 1.74. The van der Waals surface area contributed by atoms with Gasteiger partial charge >= 0.3 is 5.97 Å². The highest BCUT2D eigenvalue weighted by Crippen LogP contribution is 2.31. The minimum Gasteiger partial charge on any atom is -0.457 e. The minimum absolute atomic E-state index is 0.00394. The highest BCUT2D eigenvalue weighted by Gasteiger charge is 2.24. The van der Waals surface area contributed by atoms with Crippen LogP contribution in [0.2, 0.25) is 0 Å². The Morgan fingerprint density at radius 3 is 2.69 bits per heavy atom. The van der Waals surface area contributed by atoms with Gasteiger partial charge in [-0.2, -0.15) is 5.26 Å². The molecule has 26 heavy (non-hydrogen) atoms. The van der Waals surface area contributed by atoms with Gasteiger partial charge in [-0.05, 0) is 42.7 Å². The van der Waals surface area contributed by atoms with Crippen molar-refractivity contribution >= 4 is 17.3 Å². The van der Waals surface area contributed by atoms with Crippen LogP contribution in [0.1, 0.15) is 34.3 Å². The number of benzene rings is 2. The fourth-order valence-electron chi connectivity index (χ4n) is 2.98. The van der Waals surface area contributed by atoms with Crippen molar-refractivity contribution < 1.29 is 14.5 Å². The first-order chi connectivity index (χ1) is 12.6. The maximum absolute atomic E-state index is 12.3. The van der Waals surface area contributed by atoms with E-state index < -0.39 is 10.9 Å². The van der Waals surface area contributed by atoms with Crippen molar-refractivity contribution in [1.29, 1.82) is 5.26 Å². The Labute approximate surface area is 150 Å². The first-order valence-corrected chi connectivity index (χ1v) is 8.28. The van der Waals surface area contributed by atoms with Crippen molar-refractivity contribution in [2.75, 3.05) is 18.0 Å². The normalized spacial score (nSPS) is 13.3. The maximum atomic E-state index is 12.3. The Morgan fingerprint density at radius 1 is 1.23 bits per heavy atom. The topological polar surface area (TPSA) is 96.5 Å². The van der Waals surface area contributed by atoms with Gasteiger partial charge in [-0.1, -0.05) is 12.1 Å². The summed E-state index contributed by atoms with van der Waals surface area (Å²) in [5.74, 6) is -0.636. The van der Waals surface area contributed by atoms with E-state index in [0.717, 1.165) is 25.9 Å². The lowest BCUT2D eigenvalue weighted by molar-refractivity contribution is -0.384. The fraction of sp³-hybridized carbons (Fsp3) is 0.263. The smallest absolute Gasteiger partial charge is 0.338 e. The molecule has 0 bridgehead atoms. The first kappa shape index (κ1) is 17.4. The quantitative estimate of drug-likeness (QED) is 0.465. The number of hydrogen-bond acceptors (Lipinski definition) is 6. The van der Waals surface area contributed by atoms with E-state index in [4.69, 9.17) is 10.00 Å². The number of nitro benzene ring substituents is 1. The summed E-state index contributed by atoms with van der Waals surface area (Å²) in [4.78, 5) is 25.1. The van der Waals surface area contributed by atoms with E-state index in [9.17, 15) is 14.9 Å². The number of nitro groups is 1. The van der Waals surface area contributed by atoms with Gasteiger partial charge in [0.2, 0.25) is 0 Å². The van der Waals surface area contributed by atoms with Gasteiger partial charge < -0.3 is 9.64 Å². The van der Waals surface area contributed by atoms with Gasteiger partial charge in [0.25, 0.3) is 5.69 Å². The number of carbonyl (C=O) groups is 1. The average Bonchev–Trinajstić information content (AvgIpc) is 3.20. The van der Waals surface area contributed by atoms with Crippen molar-refractivity contribution in [1.82, 2.24) is 0 Å². The fourth-order valence-corrected chi connectivity index (χ4v) is 2.98. The summed E-state index contributed by atoms with van der Waals surface area (Å²) >= 11 is 0. The molecule has 0 saturated carbocycles. The Kier molecular flexibility index (Phi) is 5.13. The summed E-state index contributed by atoms with van der Waals surface area (Å²) in [6.07, 6.45) is 2.01. The second-order valence-electron chi connectivity index (χ2n) is 6.04. The van der Waals surface area contributed by atoms with Crippen LogP contribution in [-0.2, 0) is 11.3 Å². The molecule has 0 atom stereocenters. The predicted octanol–water partition coefficient (Wildman–Crippen LogP) is 3.42. The number of esters is 1. The van der Waals surface area contributed by atoms with Crippen molar-refractivity contribution in [2.45, 2.75) is 19.4 Å². The van der Waals surface area contributed by atoms with Gasteiger partial charge in [0.15, 0.2) is 0 Å². The van der Waals surface area contributed by atoms with Crippen LogP contribution in [0.4, 0.5) is 11.4 Å². The molecule has 1 aliphatic rings. The summed E-state index contributed by atoms with van der Waals surface area (Å²) in [6, 6.07) is 13.2. The monoisotopic (exact) mass is 351 g/mol. The molecule has 0 aliphatic carbocycles. The zero-order valence-electron chi connectivity index (χ0n) is 14.1. The van der Waals surface area contributed by atoms with Crippen LogP contribution in [0.25, 0.3) is 0 Å². The number of ether oxygens (including phenoxy) is 1. The van der Waals surface area contributed by atoms with Crippen LogP contribution in [-0.4, -0.2) is 24.0 Å². The van der Waals surface area contributed by atoms with Crippen molar-refractivity contribution in [3.05, 3.63) is 69.3 Å². The van der Waals surface area contributed by atoms with E-state index >= 15 is 0 Å². The summed E-state index contributed by atoms with van der Waals surface area (Å²) in [7, 11) is 0. The minimum atomic E-state index is -0.636. The second kappa shape index (κ2) is 7.66. The molecule has 2 aromatic rings. The van der Waals surface area contributed by atoms with Gasteiger partial charge in [-0.3, -0.25) is 10.1 Å². The zero-order chi connectivity index (χ0) is 18.5. The lowest BCUT2D eigenvalue weighted by Crippen LogP contribution is -2.19. The Morgan fingerprint density at radius 2 is 2.00 bits per heavy atom. The molecule has 132 valence electrons. The third-order valence-corrected chi connectivity index (χ3v) is 4.28. The SMILES string of the molecule is N#Cc1cccc(COC(=O)c2ccc(N3CCCC3)c([N+](=O)[O-])c2)c1. The molecule has 1 heterocycles. The van der Waals surface area contributed by atoms with Crippen molar-refractivity contribution in [3.8, 4) is 6.07 Å². The Bertz CT molecular complexity index is 883. The number of anilines is 1. The van der Waals surface area contributed by atoms with Crippen molar-refractivity contribution in [3.63, 3.8) is 0 Å². The standard InChI is InChI=1S/C19H17N3O4/c20-12-14-4-3-5-15(10-14)13-26-19(23)16-6-7-17(18(11-16)22(24)25)21-8-1-2-9-21/h3-7,10-11H,1-2,8-9,13H2. The van der Waals surface area contributed by atoms with E-state index in [1.807, 2.05) is 11.0 Å². The number of hydrogen-bond donors (Lipinski definition) is 0. The van der Waals surface area contributed by atoms with Crippen LogP contribution < -0.4 is 4.90 Å². The molecule has 2 aromatic carbocycles. The summed E-state index contributed by atoms with van der Waals surface area (Å²) in [5, 5.41) is 20.3. The summed E-state index contributed by atoms with van der Waals surface area (Å²) < 4.78 is 5.23. The second-order valence-corrected chi connectivity index (χ2v) is 6.04. The molecule has 1 saturated heterocycles. The number of carbonyl (C=O) groups excluding carboxylic acids is 1. The molecular weight excluding hydrogens is 334 g/mol. The zero-order valence-corrected chi connectivity index (χ0v) is 14.1. The van der Waals surface area contributed by atoms with Crippen LogP contribution in [0, 0.1) is 21.4 Å². The third kappa shape index (κ3) is 3.81. The molecule has 0 aromatic heterocycles. The van der Waals surface area contributed by atoms with Gasteiger partial charge in [-0.15, -0.1) is 0 Å². The number of nitriles is 1. The molecule has 0 N–H and O–H groups in total. The predicted molar refractivity (Wildman–Crippen MR) is 94.8 cm³/mol. The summed E-state index contributed by atoms with van der Waals surface area (Å²) in [6.45, 7) is 1.55. The van der Waals surface area contributed by atoms with Crippen LogP contribution in [0.15, 0.2) is 42.5 Å². The Balaban J connectivity index is 1.75. The molecule has 7 heteroatoms. The number of rotatable bonds is 5. The van der Waals surface area contributed by atoms with E-state index in [1.165, 1.54) is 6.07 Å². The van der Waals surface area contributed by atoms with Gasteiger partial charge in [0.05, 0.1) is 22.1 Å². The molecule has 1 fully saturated rings. The van der Waals surface area contributed by atoms with Crippen LogP contribution in [0.3, 0.4) is 0 Å². The van der Waals surface area contributed by atoms with Crippen LogP contribution in [0.5, 0.6) is 0 Å². The largest absolute Gasteiger partial charge is 0.457 e. The van der Waals surface area contributed by atoms with E-state index in [-0.39, 0.29) is 17.9 Å². The lowest BCUT2D eigenvalue weighted by atomic mass is 10.1. The molecule has 0 unspecified atom stereocenters. The molecule has 3 rings (SSSR count). The molecule has 0 radical (unpaired) electrons. The molecule has 0 amide bonds. The first-order valence-electron chi connectivity index (χ1n) is 8.28. The van der Waals surface area contributed by atoms with E-state index in [2.05, 4.69) is 0 Å². The van der Waals surface area contributed by atoms with E-state index in [0.29, 0.717) is 16.8 Å². The number of nitrogens with zero attached hydrogens (tertiary/aromatic N) is 3. The van der Waals surface area contributed by atoms with Gasteiger partial charge in [0, 0.05) is 19.2 Å². The van der Waals surface area contributed by atoms with Crippen molar-refractivity contribution in [2.24, 2.45) is 0 Å². The molecule has 7 nitrogen and oxygen atoms in total. The Hall–Kier alpha value is -3.40. The van der Waals surface area contributed by atoms with Gasteiger partial charge in [-0.25, -0.2) is 4.79 Å². The maximum Gasteiger partial charge on any atom is 0.338 e. The lowest BCUT2D eigenvalue weighted by Gasteiger charge is -2.17. The highest BCUT2D eigenvalue weighted by atomic mass is 16.6. The van der Waals surface area contributed by atoms with Gasteiger partial charge in [0.1, 0.15) is 12.3 Å².